The highest BCUT2D eigenvalue weighted by Crippen LogP contribution is 2.22. The van der Waals surface area contributed by atoms with E-state index in [4.69, 9.17) is 9.47 Å². The van der Waals surface area contributed by atoms with Crippen LogP contribution in [0.25, 0.3) is 0 Å². The van der Waals surface area contributed by atoms with E-state index < -0.39 is 6.10 Å². The molecule has 0 saturated carbocycles. The monoisotopic (exact) mass is 341 g/mol. The predicted octanol–water partition coefficient (Wildman–Crippen LogP) is 3.89. The van der Waals surface area contributed by atoms with Crippen LogP contribution in [0.3, 0.4) is 0 Å². The molecule has 0 radical (unpaired) electrons. The quantitative estimate of drug-likeness (QED) is 0.810. The van der Waals surface area contributed by atoms with Crippen LogP contribution in [0.2, 0.25) is 0 Å². The topological polar surface area (TPSA) is 64.6 Å². The number of aryl methyl sites for hydroxylation is 1. The van der Waals surface area contributed by atoms with Gasteiger partial charge in [0.05, 0.1) is 12.2 Å². The SMILES string of the molecule is CCOC(=O)c1ccc(NC(=O)C(C)Oc2cccc(C)c2C)cc1. The van der Waals surface area contributed by atoms with Crippen molar-refractivity contribution in [2.24, 2.45) is 0 Å². The molecule has 1 N–H and O–H groups in total. The van der Waals surface area contributed by atoms with Gasteiger partial charge in [-0.25, -0.2) is 4.79 Å². The molecular formula is C20H23NO4. The first-order valence-electron chi connectivity index (χ1n) is 8.23. The molecule has 1 atom stereocenters. The van der Waals surface area contributed by atoms with Gasteiger partial charge in [-0.3, -0.25) is 4.79 Å². The zero-order chi connectivity index (χ0) is 18.4. The number of rotatable bonds is 6. The van der Waals surface area contributed by atoms with E-state index in [-0.39, 0.29) is 11.9 Å². The molecule has 5 heteroatoms. The summed E-state index contributed by atoms with van der Waals surface area (Å²) < 4.78 is 10.7. The lowest BCUT2D eigenvalue weighted by Gasteiger charge is -2.17. The van der Waals surface area contributed by atoms with Crippen molar-refractivity contribution in [1.82, 2.24) is 0 Å². The van der Waals surface area contributed by atoms with Crippen LogP contribution in [0.1, 0.15) is 35.3 Å². The Kier molecular flexibility index (Phi) is 6.17. The van der Waals surface area contributed by atoms with Crippen molar-refractivity contribution in [2.75, 3.05) is 11.9 Å². The first-order valence-corrected chi connectivity index (χ1v) is 8.23. The number of carbonyl (C=O) groups is 2. The van der Waals surface area contributed by atoms with Crippen LogP contribution >= 0.6 is 0 Å². The van der Waals surface area contributed by atoms with Crippen LogP contribution in [0.5, 0.6) is 5.75 Å². The highest BCUT2D eigenvalue weighted by Gasteiger charge is 2.16. The first-order chi connectivity index (χ1) is 11.9. The minimum absolute atomic E-state index is 0.259. The van der Waals surface area contributed by atoms with E-state index in [2.05, 4.69) is 5.32 Å². The second kappa shape index (κ2) is 8.33. The fourth-order valence-electron chi connectivity index (χ4n) is 2.24. The molecule has 0 aliphatic heterocycles. The van der Waals surface area contributed by atoms with Gasteiger partial charge in [0, 0.05) is 5.69 Å². The Bertz CT molecular complexity index is 753. The third kappa shape index (κ3) is 4.83. The molecule has 1 unspecified atom stereocenters. The van der Waals surface area contributed by atoms with Crippen molar-refractivity contribution in [1.29, 1.82) is 0 Å². The number of carbonyl (C=O) groups excluding carboxylic acids is 2. The molecule has 0 aromatic heterocycles. The molecule has 0 bridgehead atoms. The lowest BCUT2D eigenvalue weighted by atomic mass is 10.1. The minimum Gasteiger partial charge on any atom is -0.481 e. The largest absolute Gasteiger partial charge is 0.481 e. The van der Waals surface area contributed by atoms with Gasteiger partial charge in [0.2, 0.25) is 0 Å². The number of anilines is 1. The van der Waals surface area contributed by atoms with E-state index in [0.717, 1.165) is 11.1 Å². The zero-order valence-corrected chi connectivity index (χ0v) is 15.0. The van der Waals surface area contributed by atoms with Crippen molar-refractivity contribution in [3.63, 3.8) is 0 Å². The van der Waals surface area contributed by atoms with Crippen LogP contribution in [-0.4, -0.2) is 24.6 Å². The minimum atomic E-state index is -0.648. The van der Waals surface area contributed by atoms with Crippen molar-refractivity contribution in [2.45, 2.75) is 33.8 Å². The molecule has 5 nitrogen and oxygen atoms in total. The fraction of sp³-hybridized carbons (Fsp3) is 0.300. The zero-order valence-electron chi connectivity index (χ0n) is 15.0. The van der Waals surface area contributed by atoms with Crippen molar-refractivity contribution in [3.05, 3.63) is 59.2 Å². The Hall–Kier alpha value is -2.82. The molecule has 0 aliphatic carbocycles. The van der Waals surface area contributed by atoms with E-state index in [1.807, 2.05) is 32.0 Å². The van der Waals surface area contributed by atoms with Gasteiger partial charge in [0.15, 0.2) is 6.10 Å². The summed E-state index contributed by atoms with van der Waals surface area (Å²) in [5.74, 6) is 0.0529. The average molecular weight is 341 g/mol. The van der Waals surface area contributed by atoms with Gasteiger partial charge in [-0.1, -0.05) is 12.1 Å². The molecule has 0 fully saturated rings. The van der Waals surface area contributed by atoms with Gasteiger partial charge in [0.1, 0.15) is 5.75 Å². The van der Waals surface area contributed by atoms with Crippen molar-refractivity contribution >= 4 is 17.6 Å². The van der Waals surface area contributed by atoms with Gasteiger partial charge in [-0.05, 0) is 69.2 Å². The molecule has 0 aliphatic rings. The summed E-state index contributed by atoms with van der Waals surface area (Å²) in [6.07, 6.45) is -0.648. The Morgan fingerprint density at radius 1 is 1.08 bits per heavy atom. The number of hydrogen-bond acceptors (Lipinski definition) is 4. The maximum Gasteiger partial charge on any atom is 0.338 e. The van der Waals surface area contributed by atoms with Gasteiger partial charge in [-0.2, -0.15) is 0 Å². The van der Waals surface area contributed by atoms with Crippen molar-refractivity contribution < 1.29 is 19.1 Å². The van der Waals surface area contributed by atoms with Crippen LogP contribution in [0, 0.1) is 13.8 Å². The number of nitrogens with one attached hydrogen (secondary N) is 1. The maximum atomic E-state index is 12.3. The summed E-state index contributed by atoms with van der Waals surface area (Å²) in [6.45, 7) is 7.74. The Labute approximate surface area is 148 Å². The van der Waals surface area contributed by atoms with Crippen LogP contribution in [0.4, 0.5) is 5.69 Å². The molecule has 2 rings (SSSR count). The third-order valence-corrected chi connectivity index (χ3v) is 3.89. The predicted molar refractivity (Wildman–Crippen MR) is 97.0 cm³/mol. The van der Waals surface area contributed by atoms with E-state index in [0.29, 0.717) is 23.6 Å². The fourth-order valence-corrected chi connectivity index (χ4v) is 2.24. The Morgan fingerprint density at radius 2 is 1.76 bits per heavy atom. The number of esters is 1. The molecular weight excluding hydrogens is 318 g/mol. The van der Waals surface area contributed by atoms with Gasteiger partial charge in [0.25, 0.3) is 5.91 Å². The van der Waals surface area contributed by atoms with E-state index in [1.54, 1.807) is 38.1 Å². The number of ether oxygens (including phenoxy) is 2. The Balaban J connectivity index is 1.99. The molecule has 0 heterocycles. The van der Waals surface area contributed by atoms with Gasteiger partial charge in [-0.15, -0.1) is 0 Å². The number of benzene rings is 2. The second-order valence-electron chi connectivity index (χ2n) is 5.75. The third-order valence-electron chi connectivity index (χ3n) is 3.89. The summed E-state index contributed by atoms with van der Waals surface area (Å²) in [6, 6.07) is 12.3. The first kappa shape index (κ1) is 18.5. The molecule has 2 aromatic rings. The van der Waals surface area contributed by atoms with Crippen molar-refractivity contribution in [3.8, 4) is 5.75 Å². The van der Waals surface area contributed by atoms with Crippen LogP contribution in [0.15, 0.2) is 42.5 Å². The lowest BCUT2D eigenvalue weighted by Crippen LogP contribution is -2.30. The lowest BCUT2D eigenvalue weighted by molar-refractivity contribution is -0.122. The molecule has 0 spiro atoms. The molecule has 0 saturated heterocycles. The standard InChI is InChI=1S/C20H23NO4/c1-5-24-20(23)16-9-11-17(12-10-16)21-19(22)15(4)25-18-8-6-7-13(2)14(18)3/h6-12,15H,5H2,1-4H3,(H,21,22). The van der Waals surface area contributed by atoms with E-state index >= 15 is 0 Å². The second-order valence-corrected chi connectivity index (χ2v) is 5.75. The summed E-state index contributed by atoms with van der Waals surface area (Å²) in [4.78, 5) is 23.9. The highest BCUT2D eigenvalue weighted by atomic mass is 16.5. The summed E-state index contributed by atoms with van der Waals surface area (Å²) in [5.41, 5.74) is 3.16. The van der Waals surface area contributed by atoms with E-state index in [1.165, 1.54) is 0 Å². The smallest absolute Gasteiger partial charge is 0.338 e. The molecule has 25 heavy (non-hydrogen) atoms. The normalized spacial score (nSPS) is 11.5. The van der Waals surface area contributed by atoms with Crippen LogP contribution in [-0.2, 0) is 9.53 Å². The molecule has 2 aromatic carbocycles. The highest BCUT2D eigenvalue weighted by molar-refractivity contribution is 5.95. The number of hydrogen-bond donors (Lipinski definition) is 1. The summed E-state index contributed by atoms with van der Waals surface area (Å²) in [7, 11) is 0. The Morgan fingerprint density at radius 3 is 2.40 bits per heavy atom. The molecule has 132 valence electrons. The summed E-state index contributed by atoms with van der Waals surface area (Å²) >= 11 is 0. The van der Waals surface area contributed by atoms with Gasteiger partial charge < -0.3 is 14.8 Å². The van der Waals surface area contributed by atoms with Gasteiger partial charge >= 0.3 is 5.97 Å². The maximum absolute atomic E-state index is 12.3. The summed E-state index contributed by atoms with van der Waals surface area (Å²) in [5, 5.41) is 2.78. The molecule has 1 amide bonds. The average Bonchev–Trinajstić information content (AvgIpc) is 2.59. The van der Waals surface area contributed by atoms with Crippen LogP contribution < -0.4 is 10.1 Å². The number of amides is 1. The van der Waals surface area contributed by atoms with E-state index in [9.17, 15) is 9.59 Å².